The molecule has 0 aliphatic heterocycles. The second-order valence-electron chi connectivity index (χ2n) is 4.41. The molecule has 0 N–H and O–H groups in total. The number of tetrazole rings is 1. The van der Waals surface area contributed by atoms with Crippen molar-refractivity contribution in [3.05, 3.63) is 0 Å². The first-order valence-electron chi connectivity index (χ1n) is 4.86. The number of hydrogen-bond acceptors (Lipinski definition) is 5. The summed E-state index contributed by atoms with van der Waals surface area (Å²) in [6, 6.07) is 0. The highest BCUT2D eigenvalue weighted by Gasteiger charge is 2.28. The topological polar surface area (TPSA) is 77.7 Å². The van der Waals surface area contributed by atoms with Gasteiger partial charge in [0.05, 0.1) is 11.3 Å². The number of aromatic nitrogens is 4. The van der Waals surface area contributed by atoms with E-state index >= 15 is 0 Å². The summed E-state index contributed by atoms with van der Waals surface area (Å²) in [6.45, 7) is 5.56. The molecular formula is C8H15BrN4O2S. The number of rotatable bonds is 4. The van der Waals surface area contributed by atoms with Crippen LogP contribution in [-0.4, -0.2) is 39.7 Å². The van der Waals surface area contributed by atoms with Crippen LogP contribution in [0.2, 0.25) is 0 Å². The quantitative estimate of drug-likeness (QED) is 0.775. The number of nitrogens with zero attached hydrogens (tertiary/aromatic N) is 4. The first-order chi connectivity index (χ1) is 7.29. The molecule has 16 heavy (non-hydrogen) atoms. The molecule has 0 atom stereocenters. The van der Waals surface area contributed by atoms with Crippen molar-refractivity contribution >= 4 is 25.8 Å². The monoisotopic (exact) mass is 310 g/mol. The number of hydrogen-bond donors (Lipinski definition) is 0. The van der Waals surface area contributed by atoms with E-state index < -0.39 is 15.4 Å². The van der Waals surface area contributed by atoms with Crippen LogP contribution in [0.1, 0.15) is 27.2 Å². The molecule has 0 saturated carbocycles. The van der Waals surface area contributed by atoms with Crippen molar-refractivity contribution in [2.75, 3.05) is 11.1 Å². The van der Waals surface area contributed by atoms with Crippen LogP contribution >= 0.6 is 15.9 Å². The maximum atomic E-state index is 11.9. The fourth-order valence-electron chi connectivity index (χ4n) is 1.13. The molecule has 0 aromatic carbocycles. The maximum Gasteiger partial charge on any atom is 0.268 e. The molecule has 1 rings (SSSR count). The molecule has 0 aliphatic carbocycles. The van der Waals surface area contributed by atoms with Crippen molar-refractivity contribution in [1.29, 1.82) is 0 Å². The molecule has 0 aliphatic rings. The van der Waals surface area contributed by atoms with E-state index in [1.807, 2.05) is 20.8 Å². The van der Waals surface area contributed by atoms with Crippen LogP contribution in [-0.2, 0) is 15.4 Å². The van der Waals surface area contributed by atoms with E-state index in [9.17, 15) is 8.42 Å². The van der Waals surface area contributed by atoms with E-state index in [4.69, 9.17) is 0 Å². The van der Waals surface area contributed by atoms with E-state index in [1.54, 1.807) is 0 Å². The van der Waals surface area contributed by atoms with Crippen LogP contribution in [0.3, 0.4) is 0 Å². The number of sulfone groups is 1. The van der Waals surface area contributed by atoms with Crippen molar-refractivity contribution in [1.82, 2.24) is 20.2 Å². The van der Waals surface area contributed by atoms with Crippen LogP contribution in [0.4, 0.5) is 0 Å². The Kier molecular flexibility index (Phi) is 4.06. The first-order valence-corrected chi connectivity index (χ1v) is 7.64. The second-order valence-corrected chi connectivity index (χ2v) is 7.20. The van der Waals surface area contributed by atoms with Gasteiger partial charge in [0.15, 0.2) is 0 Å². The van der Waals surface area contributed by atoms with E-state index in [0.29, 0.717) is 11.8 Å². The maximum absolute atomic E-state index is 11.9. The minimum atomic E-state index is -3.40. The Bertz CT molecular complexity index is 449. The summed E-state index contributed by atoms with van der Waals surface area (Å²) in [7, 11) is -3.40. The molecule has 0 bridgehead atoms. The Morgan fingerprint density at radius 2 is 2.00 bits per heavy atom. The summed E-state index contributed by atoms with van der Waals surface area (Å²) in [5.74, 6) is 0.0503. The zero-order chi connectivity index (χ0) is 12.4. The van der Waals surface area contributed by atoms with Gasteiger partial charge in [-0.3, -0.25) is 0 Å². The molecule has 8 heteroatoms. The van der Waals surface area contributed by atoms with Crippen molar-refractivity contribution in [3.63, 3.8) is 0 Å². The average molecular weight is 311 g/mol. The van der Waals surface area contributed by atoms with Crippen LogP contribution in [0.5, 0.6) is 0 Å². The number of alkyl halides is 1. The van der Waals surface area contributed by atoms with Crippen molar-refractivity contribution in [2.45, 2.75) is 37.9 Å². The molecular weight excluding hydrogens is 296 g/mol. The lowest BCUT2D eigenvalue weighted by molar-refractivity contribution is 0.317. The summed E-state index contributed by atoms with van der Waals surface area (Å²) in [5.41, 5.74) is -0.444. The fourth-order valence-corrected chi connectivity index (χ4v) is 3.22. The van der Waals surface area contributed by atoms with Crippen LogP contribution in [0, 0.1) is 0 Å². The summed E-state index contributed by atoms with van der Waals surface area (Å²) in [5, 5.41) is 11.4. The van der Waals surface area contributed by atoms with Crippen LogP contribution in [0.15, 0.2) is 5.16 Å². The van der Waals surface area contributed by atoms with Gasteiger partial charge in [0, 0.05) is 5.33 Å². The average Bonchev–Trinajstić information content (AvgIpc) is 2.63. The Morgan fingerprint density at radius 3 is 2.50 bits per heavy atom. The van der Waals surface area contributed by atoms with Crippen molar-refractivity contribution in [2.24, 2.45) is 0 Å². The SMILES string of the molecule is CC(C)(C)n1nnnc1S(=O)(=O)CCCBr. The predicted molar refractivity (Wildman–Crippen MR) is 63.3 cm³/mol. The third kappa shape index (κ3) is 3.00. The standard InChI is InChI=1S/C8H15BrN4O2S/c1-8(2,3)13-7(10-11-12-13)16(14,15)6-4-5-9/h4-6H2,1-3H3. The zero-order valence-electron chi connectivity index (χ0n) is 9.51. The third-order valence-corrected chi connectivity index (χ3v) is 4.10. The Hall–Kier alpha value is -0.500. The minimum Gasteiger partial charge on any atom is -0.220 e. The molecule has 0 spiro atoms. The van der Waals surface area contributed by atoms with Gasteiger partial charge in [-0.05, 0) is 37.6 Å². The van der Waals surface area contributed by atoms with Gasteiger partial charge in [-0.2, -0.15) is 0 Å². The lowest BCUT2D eigenvalue weighted by Crippen LogP contribution is -2.28. The summed E-state index contributed by atoms with van der Waals surface area (Å²) in [4.78, 5) is 0. The molecule has 0 unspecified atom stereocenters. The summed E-state index contributed by atoms with van der Waals surface area (Å²) < 4.78 is 25.2. The molecule has 1 aromatic heterocycles. The predicted octanol–water partition coefficient (Wildman–Crippen LogP) is 0.987. The van der Waals surface area contributed by atoms with Gasteiger partial charge in [-0.25, -0.2) is 13.1 Å². The molecule has 1 aromatic rings. The molecule has 92 valence electrons. The van der Waals surface area contributed by atoms with Gasteiger partial charge < -0.3 is 0 Å². The second kappa shape index (κ2) is 4.79. The van der Waals surface area contributed by atoms with Crippen molar-refractivity contribution in [3.8, 4) is 0 Å². The number of halogens is 1. The van der Waals surface area contributed by atoms with Gasteiger partial charge in [0.1, 0.15) is 0 Å². The van der Waals surface area contributed by atoms with Gasteiger partial charge in [-0.15, -0.1) is 0 Å². The molecule has 1 heterocycles. The van der Waals surface area contributed by atoms with Gasteiger partial charge in [0.2, 0.25) is 9.84 Å². The fraction of sp³-hybridized carbons (Fsp3) is 0.875. The normalized spacial score (nSPS) is 13.0. The van der Waals surface area contributed by atoms with E-state index in [2.05, 4.69) is 31.5 Å². The van der Waals surface area contributed by atoms with Crippen LogP contribution in [0.25, 0.3) is 0 Å². The Labute approximate surface area is 103 Å². The third-order valence-electron chi connectivity index (χ3n) is 1.90. The van der Waals surface area contributed by atoms with Crippen LogP contribution < -0.4 is 0 Å². The highest BCUT2D eigenvalue weighted by atomic mass is 79.9. The summed E-state index contributed by atoms with van der Waals surface area (Å²) in [6.07, 6.45) is 0.541. The van der Waals surface area contributed by atoms with Gasteiger partial charge in [-0.1, -0.05) is 21.0 Å². The van der Waals surface area contributed by atoms with E-state index in [1.165, 1.54) is 4.68 Å². The van der Waals surface area contributed by atoms with E-state index in [0.717, 1.165) is 0 Å². The summed E-state index contributed by atoms with van der Waals surface area (Å²) >= 11 is 3.20. The molecule has 0 fully saturated rings. The Morgan fingerprint density at radius 1 is 1.38 bits per heavy atom. The van der Waals surface area contributed by atoms with Gasteiger partial charge in [0.25, 0.3) is 5.16 Å². The highest BCUT2D eigenvalue weighted by Crippen LogP contribution is 2.17. The molecule has 0 radical (unpaired) electrons. The van der Waals surface area contributed by atoms with E-state index in [-0.39, 0.29) is 10.9 Å². The largest absolute Gasteiger partial charge is 0.268 e. The molecule has 0 saturated heterocycles. The lowest BCUT2D eigenvalue weighted by Gasteiger charge is -2.19. The van der Waals surface area contributed by atoms with Crippen molar-refractivity contribution < 1.29 is 8.42 Å². The molecule has 0 amide bonds. The minimum absolute atomic E-state index is 0.0503. The lowest BCUT2D eigenvalue weighted by atomic mass is 10.1. The highest BCUT2D eigenvalue weighted by molar-refractivity contribution is 9.09. The zero-order valence-corrected chi connectivity index (χ0v) is 11.9. The van der Waals surface area contributed by atoms with Gasteiger partial charge >= 0.3 is 0 Å². The first kappa shape index (κ1) is 13.6. The smallest absolute Gasteiger partial charge is 0.220 e. The Balaban J connectivity index is 3.10. The molecule has 6 nitrogen and oxygen atoms in total.